The SMILES string of the molecule is CC(=O)N1c2ccc(-c3n[nH]c(=O)o3)cc2C(Nc2ccc(C)cc2)CC1C. The molecule has 2 N–H and O–H groups in total. The Morgan fingerprint density at radius 3 is 2.64 bits per heavy atom. The van der Waals surface area contributed by atoms with Crippen LogP contribution in [-0.4, -0.2) is 22.1 Å². The molecule has 0 spiro atoms. The van der Waals surface area contributed by atoms with Crippen LogP contribution < -0.4 is 16.0 Å². The Bertz CT molecular complexity index is 1070. The summed E-state index contributed by atoms with van der Waals surface area (Å²) < 4.78 is 5.10. The molecule has 2 aromatic carbocycles. The highest BCUT2D eigenvalue weighted by Crippen LogP contribution is 2.40. The second-order valence-corrected chi connectivity index (χ2v) is 7.23. The summed E-state index contributed by atoms with van der Waals surface area (Å²) in [6.45, 7) is 5.68. The lowest BCUT2D eigenvalue weighted by molar-refractivity contribution is -0.117. The van der Waals surface area contributed by atoms with Gasteiger partial charge in [0, 0.05) is 29.9 Å². The zero-order valence-corrected chi connectivity index (χ0v) is 16.0. The maximum absolute atomic E-state index is 12.3. The summed E-state index contributed by atoms with van der Waals surface area (Å²) in [5.74, 6) is -0.363. The average Bonchev–Trinajstić information content (AvgIpc) is 3.09. The number of aryl methyl sites for hydroxylation is 1. The van der Waals surface area contributed by atoms with Crippen LogP contribution in [0.25, 0.3) is 11.5 Å². The van der Waals surface area contributed by atoms with Gasteiger partial charge < -0.3 is 14.6 Å². The van der Waals surface area contributed by atoms with E-state index in [2.05, 4.69) is 41.5 Å². The number of hydrogen-bond donors (Lipinski definition) is 2. The normalized spacial score (nSPS) is 18.6. The number of benzene rings is 2. The van der Waals surface area contributed by atoms with Gasteiger partial charge in [0.1, 0.15) is 0 Å². The maximum atomic E-state index is 12.3. The van der Waals surface area contributed by atoms with Crippen LogP contribution in [0, 0.1) is 6.92 Å². The van der Waals surface area contributed by atoms with Crippen molar-refractivity contribution < 1.29 is 9.21 Å². The van der Waals surface area contributed by atoms with Gasteiger partial charge >= 0.3 is 5.76 Å². The van der Waals surface area contributed by atoms with Crippen molar-refractivity contribution in [1.29, 1.82) is 0 Å². The van der Waals surface area contributed by atoms with Crippen molar-refractivity contribution in [3.05, 3.63) is 64.1 Å². The van der Waals surface area contributed by atoms with Crippen LogP contribution in [0.15, 0.2) is 51.7 Å². The van der Waals surface area contributed by atoms with Gasteiger partial charge in [0.25, 0.3) is 0 Å². The van der Waals surface area contributed by atoms with Gasteiger partial charge in [-0.2, -0.15) is 0 Å². The Hall–Kier alpha value is -3.35. The number of amides is 1. The van der Waals surface area contributed by atoms with E-state index < -0.39 is 5.76 Å². The number of hydrogen-bond acceptors (Lipinski definition) is 5. The zero-order chi connectivity index (χ0) is 19.8. The molecule has 7 heteroatoms. The minimum Gasteiger partial charge on any atom is -0.388 e. The largest absolute Gasteiger partial charge is 0.434 e. The van der Waals surface area contributed by atoms with Crippen LogP contribution in [-0.2, 0) is 4.79 Å². The second kappa shape index (κ2) is 6.99. The van der Waals surface area contributed by atoms with E-state index in [1.165, 1.54) is 5.56 Å². The van der Waals surface area contributed by atoms with E-state index in [9.17, 15) is 9.59 Å². The van der Waals surface area contributed by atoms with Crippen LogP contribution in [0.1, 0.15) is 37.4 Å². The van der Waals surface area contributed by atoms with E-state index in [1.807, 2.05) is 35.2 Å². The molecule has 0 aliphatic carbocycles. The first-order chi connectivity index (χ1) is 13.4. The average molecular weight is 378 g/mol. The van der Waals surface area contributed by atoms with E-state index >= 15 is 0 Å². The molecule has 7 nitrogen and oxygen atoms in total. The number of fused-ring (bicyclic) bond motifs is 1. The highest BCUT2D eigenvalue weighted by Gasteiger charge is 2.33. The van der Waals surface area contributed by atoms with Crippen molar-refractivity contribution in [2.75, 3.05) is 10.2 Å². The Kier molecular flexibility index (Phi) is 4.50. The highest BCUT2D eigenvalue weighted by atomic mass is 16.4. The van der Waals surface area contributed by atoms with Gasteiger partial charge in [-0.3, -0.25) is 4.79 Å². The molecule has 2 atom stereocenters. The second-order valence-electron chi connectivity index (χ2n) is 7.23. The van der Waals surface area contributed by atoms with Crippen LogP contribution >= 0.6 is 0 Å². The fourth-order valence-electron chi connectivity index (χ4n) is 3.82. The van der Waals surface area contributed by atoms with E-state index in [0.717, 1.165) is 23.4 Å². The van der Waals surface area contributed by atoms with Gasteiger partial charge in [0.05, 0.1) is 6.04 Å². The predicted molar refractivity (Wildman–Crippen MR) is 107 cm³/mol. The van der Waals surface area contributed by atoms with Crippen molar-refractivity contribution in [2.45, 2.75) is 39.3 Å². The van der Waals surface area contributed by atoms with E-state index in [0.29, 0.717) is 5.56 Å². The van der Waals surface area contributed by atoms with Crippen molar-refractivity contribution in [2.24, 2.45) is 0 Å². The molecule has 4 rings (SSSR count). The third-order valence-corrected chi connectivity index (χ3v) is 5.10. The summed E-state index contributed by atoms with van der Waals surface area (Å²) >= 11 is 0. The number of aromatic nitrogens is 2. The molecule has 2 unspecified atom stereocenters. The topological polar surface area (TPSA) is 91.2 Å². The van der Waals surface area contributed by atoms with Crippen molar-refractivity contribution in [1.82, 2.24) is 10.2 Å². The molecule has 0 radical (unpaired) electrons. The molecule has 28 heavy (non-hydrogen) atoms. The standard InChI is InChI=1S/C21H22N4O3/c1-12-4-7-16(8-5-12)22-18-10-13(2)25(14(3)26)19-9-6-15(11-17(18)19)20-23-24-21(27)28-20/h4-9,11,13,18,22H,10H2,1-3H3,(H,24,27). The Morgan fingerprint density at radius 2 is 2.00 bits per heavy atom. The molecule has 1 aromatic heterocycles. The van der Waals surface area contributed by atoms with Crippen molar-refractivity contribution in [3.63, 3.8) is 0 Å². The number of aromatic amines is 1. The summed E-state index contributed by atoms with van der Waals surface area (Å²) in [5, 5.41) is 9.78. The first-order valence-electron chi connectivity index (χ1n) is 9.25. The van der Waals surface area contributed by atoms with Gasteiger partial charge in [0.15, 0.2) is 0 Å². The Labute approximate surface area is 162 Å². The summed E-state index contributed by atoms with van der Waals surface area (Å²) in [7, 11) is 0. The number of H-pyrrole nitrogens is 1. The van der Waals surface area contributed by atoms with Crippen LogP contribution in [0.4, 0.5) is 11.4 Å². The molecule has 1 amide bonds. The monoisotopic (exact) mass is 378 g/mol. The highest BCUT2D eigenvalue weighted by molar-refractivity contribution is 5.94. The molecular weight excluding hydrogens is 356 g/mol. The smallest absolute Gasteiger partial charge is 0.388 e. The van der Waals surface area contributed by atoms with Gasteiger partial charge in [-0.05, 0) is 56.2 Å². The van der Waals surface area contributed by atoms with E-state index in [-0.39, 0.29) is 23.9 Å². The van der Waals surface area contributed by atoms with Crippen LogP contribution in [0.5, 0.6) is 0 Å². The maximum Gasteiger partial charge on any atom is 0.434 e. The molecule has 3 aromatic rings. The lowest BCUT2D eigenvalue weighted by atomic mass is 9.90. The number of nitrogens with one attached hydrogen (secondary N) is 2. The fourth-order valence-corrected chi connectivity index (χ4v) is 3.82. The quantitative estimate of drug-likeness (QED) is 0.726. The molecule has 144 valence electrons. The number of anilines is 2. The van der Waals surface area contributed by atoms with Gasteiger partial charge in [-0.25, -0.2) is 9.89 Å². The van der Waals surface area contributed by atoms with Crippen molar-refractivity contribution >= 4 is 17.3 Å². The summed E-state index contributed by atoms with van der Waals surface area (Å²) in [4.78, 5) is 25.4. The molecule has 0 saturated carbocycles. The molecule has 0 saturated heterocycles. The minimum atomic E-state index is -0.596. The number of carbonyl (C=O) groups excluding carboxylic acids is 1. The third kappa shape index (κ3) is 3.31. The molecule has 1 aliphatic heterocycles. The number of nitrogens with zero attached hydrogens (tertiary/aromatic N) is 2. The zero-order valence-electron chi connectivity index (χ0n) is 16.0. The summed E-state index contributed by atoms with van der Waals surface area (Å²) in [5.41, 5.74) is 4.73. The summed E-state index contributed by atoms with van der Waals surface area (Å²) in [6, 6.07) is 13.9. The lowest BCUT2D eigenvalue weighted by Gasteiger charge is -2.39. The third-order valence-electron chi connectivity index (χ3n) is 5.10. The Balaban J connectivity index is 1.78. The molecule has 2 heterocycles. The first-order valence-corrected chi connectivity index (χ1v) is 9.25. The fraction of sp³-hybridized carbons (Fsp3) is 0.286. The first kappa shape index (κ1) is 18.0. The predicted octanol–water partition coefficient (Wildman–Crippen LogP) is 3.64. The van der Waals surface area contributed by atoms with Gasteiger partial charge in [-0.15, -0.1) is 5.10 Å². The molecule has 1 aliphatic rings. The summed E-state index contributed by atoms with van der Waals surface area (Å²) in [6.07, 6.45) is 0.758. The van der Waals surface area contributed by atoms with Gasteiger partial charge in [0.2, 0.25) is 11.8 Å². The van der Waals surface area contributed by atoms with Crippen LogP contribution in [0.3, 0.4) is 0 Å². The molecule has 0 bridgehead atoms. The van der Waals surface area contributed by atoms with E-state index in [4.69, 9.17) is 4.42 Å². The number of rotatable bonds is 3. The lowest BCUT2D eigenvalue weighted by Crippen LogP contribution is -2.43. The Morgan fingerprint density at radius 1 is 1.25 bits per heavy atom. The van der Waals surface area contributed by atoms with Crippen LogP contribution in [0.2, 0.25) is 0 Å². The van der Waals surface area contributed by atoms with Gasteiger partial charge in [-0.1, -0.05) is 17.7 Å². The molecule has 0 fully saturated rings. The molecular formula is C21H22N4O3. The minimum absolute atomic E-state index is 0.00147. The van der Waals surface area contributed by atoms with Crippen molar-refractivity contribution in [3.8, 4) is 11.5 Å². The van der Waals surface area contributed by atoms with E-state index in [1.54, 1.807) is 6.92 Å². The number of carbonyl (C=O) groups is 1.